The predicted molar refractivity (Wildman–Crippen MR) is 266 cm³/mol. The van der Waals surface area contributed by atoms with Gasteiger partial charge in [0.2, 0.25) is 0 Å². The molecule has 0 heterocycles. The van der Waals surface area contributed by atoms with Gasteiger partial charge in [0.1, 0.15) is 19.8 Å². The van der Waals surface area contributed by atoms with Crippen molar-refractivity contribution in [1.82, 2.24) is 0 Å². The number of ether oxygens (including phenoxy) is 2. The van der Waals surface area contributed by atoms with Crippen LogP contribution in [0.4, 0.5) is 0 Å². The number of carbonyl (C=O) groups excluding carboxylic acids is 2. The molecule has 0 rings (SSSR count). The number of nitrogens with zero attached hydrogens (tertiary/aromatic N) is 1. The summed E-state index contributed by atoms with van der Waals surface area (Å²) < 4.78 is 34.5. The van der Waals surface area contributed by atoms with Gasteiger partial charge in [-0.2, -0.15) is 0 Å². The lowest BCUT2D eigenvalue weighted by molar-refractivity contribution is -0.870. The van der Waals surface area contributed by atoms with Gasteiger partial charge >= 0.3 is 19.8 Å². The van der Waals surface area contributed by atoms with Crippen LogP contribution in [0.5, 0.6) is 0 Å². The summed E-state index contributed by atoms with van der Waals surface area (Å²) in [5, 5.41) is 0. The molecule has 0 aliphatic heterocycles. The first-order valence-corrected chi connectivity index (χ1v) is 27.4. The summed E-state index contributed by atoms with van der Waals surface area (Å²) in [6, 6.07) is 0. The van der Waals surface area contributed by atoms with E-state index in [9.17, 15) is 19.0 Å². The Hall–Kier alpha value is -2.03. The molecule has 9 nitrogen and oxygen atoms in total. The maximum absolute atomic E-state index is 12.8. The van der Waals surface area contributed by atoms with Gasteiger partial charge in [0.15, 0.2) is 6.10 Å². The average Bonchev–Trinajstić information content (AvgIpc) is 3.24. The summed E-state index contributed by atoms with van der Waals surface area (Å²) in [5.41, 5.74) is 0. The van der Waals surface area contributed by atoms with Crippen LogP contribution in [-0.4, -0.2) is 74.9 Å². The van der Waals surface area contributed by atoms with E-state index in [4.69, 9.17) is 18.5 Å². The summed E-state index contributed by atoms with van der Waals surface area (Å²) >= 11 is 0. The second-order valence-electron chi connectivity index (χ2n) is 18.5. The van der Waals surface area contributed by atoms with Gasteiger partial charge in [0.25, 0.3) is 0 Å². The predicted octanol–water partition coefficient (Wildman–Crippen LogP) is 15.4. The fraction of sp³-hybridized carbons (Fsp3) is 0.811. The molecule has 0 bridgehead atoms. The van der Waals surface area contributed by atoms with Gasteiger partial charge < -0.3 is 18.9 Å². The van der Waals surface area contributed by atoms with Crippen molar-refractivity contribution in [2.45, 2.75) is 232 Å². The van der Waals surface area contributed by atoms with Crippen LogP contribution in [0.2, 0.25) is 0 Å². The van der Waals surface area contributed by atoms with Crippen molar-refractivity contribution in [3.63, 3.8) is 0 Å². The van der Waals surface area contributed by atoms with Gasteiger partial charge in [0.05, 0.1) is 27.7 Å². The molecule has 0 aliphatic rings. The molecule has 0 saturated heterocycles. The summed E-state index contributed by atoms with van der Waals surface area (Å²) in [6.07, 6.45) is 54.5. The van der Waals surface area contributed by atoms with Crippen molar-refractivity contribution >= 4 is 19.8 Å². The largest absolute Gasteiger partial charge is 0.472 e. The highest BCUT2D eigenvalue weighted by Gasteiger charge is 2.27. The minimum atomic E-state index is -4.38. The van der Waals surface area contributed by atoms with E-state index in [-0.39, 0.29) is 25.6 Å². The minimum absolute atomic E-state index is 0.0319. The molecule has 0 saturated carbocycles. The zero-order valence-corrected chi connectivity index (χ0v) is 42.5. The molecule has 0 aliphatic carbocycles. The fourth-order valence-electron chi connectivity index (χ4n) is 7.12. The van der Waals surface area contributed by atoms with Crippen molar-refractivity contribution in [2.75, 3.05) is 47.5 Å². The highest BCUT2D eigenvalue weighted by Crippen LogP contribution is 2.43. The molecule has 0 fully saturated rings. The molecule has 0 aromatic heterocycles. The number of hydrogen-bond acceptors (Lipinski definition) is 7. The topological polar surface area (TPSA) is 108 Å². The molecular weight excluding hydrogens is 810 g/mol. The van der Waals surface area contributed by atoms with E-state index in [1.165, 1.54) is 128 Å². The highest BCUT2D eigenvalue weighted by atomic mass is 31.2. The molecule has 10 heteroatoms. The molecule has 368 valence electrons. The first kappa shape index (κ1) is 61.0. The summed E-state index contributed by atoms with van der Waals surface area (Å²) in [6.45, 7) is 4.33. The maximum Gasteiger partial charge on any atom is 0.472 e. The van der Waals surface area contributed by atoms with E-state index in [1.54, 1.807) is 0 Å². The first-order valence-electron chi connectivity index (χ1n) is 25.9. The number of phosphoric acid groups is 1. The number of quaternary nitrogens is 1. The van der Waals surface area contributed by atoms with Gasteiger partial charge in [-0.1, -0.05) is 210 Å². The Bertz CT molecular complexity index is 1210. The Balaban J connectivity index is 4.19. The summed E-state index contributed by atoms with van der Waals surface area (Å²) in [7, 11) is 1.48. The molecule has 2 atom stereocenters. The second kappa shape index (κ2) is 45.1. The number of esters is 2. The third kappa shape index (κ3) is 49.2. The molecule has 0 amide bonds. The number of phosphoric ester groups is 1. The van der Waals surface area contributed by atoms with E-state index < -0.39 is 26.5 Å². The normalized spacial score (nSPS) is 13.8. The van der Waals surface area contributed by atoms with E-state index in [2.05, 4.69) is 62.5 Å². The molecule has 0 spiro atoms. The van der Waals surface area contributed by atoms with Crippen LogP contribution in [-0.2, 0) is 32.7 Å². The number of allylic oxidation sites excluding steroid dienone is 8. The van der Waals surface area contributed by atoms with Gasteiger partial charge in [-0.05, 0) is 51.4 Å². The van der Waals surface area contributed by atoms with Crippen molar-refractivity contribution in [3.8, 4) is 0 Å². The lowest BCUT2D eigenvalue weighted by Gasteiger charge is -2.24. The van der Waals surface area contributed by atoms with Gasteiger partial charge in [-0.25, -0.2) is 4.57 Å². The second-order valence-corrected chi connectivity index (χ2v) is 20.0. The molecule has 0 aromatic carbocycles. The Kier molecular flexibility index (Phi) is 43.7. The standard InChI is InChI=1S/C53H98NO8P/c1-6-8-10-12-14-16-18-20-22-23-24-25-26-27-28-29-30-31-32-34-36-38-40-42-44-46-53(56)62-51(50-61-63(57,58)60-48-47-54(3,4)5)49-59-52(55)45-43-41-39-37-35-33-21-19-17-15-13-11-9-7-2/h8,10,14,16,20,22,24-25,51H,6-7,9,11-13,15,17-19,21,23,26-50H2,1-5H3/p+1/b10-8-,16-14-,22-20-,25-24-. The number of hydrogen-bond donors (Lipinski definition) is 1. The monoisotopic (exact) mass is 909 g/mol. The van der Waals surface area contributed by atoms with Crippen molar-refractivity contribution in [3.05, 3.63) is 48.6 Å². The molecule has 2 unspecified atom stereocenters. The Morgan fingerprint density at radius 3 is 1.35 bits per heavy atom. The van der Waals surface area contributed by atoms with Crippen molar-refractivity contribution in [2.24, 2.45) is 0 Å². The zero-order valence-electron chi connectivity index (χ0n) is 41.6. The van der Waals surface area contributed by atoms with Gasteiger partial charge in [-0.3, -0.25) is 18.6 Å². The van der Waals surface area contributed by atoms with Crippen LogP contribution < -0.4 is 0 Å². The van der Waals surface area contributed by atoms with Crippen LogP contribution in [0.15, 0.2) is 48.6 Å². The van der Waals surface area contributed by atoms with Crippen LogP contribution in [0.3, 0.4) is 0 Å². The number of carbonyl (C=O) groups is 2. The van der Waals surface area contributed by atoms with Crippen LogP contribution in [0.1, 0.15) is 226 Å². The van der Waals surface area contributed by atoms with E-state index in [0.29, 0.717) is 23.9 Å². The van der Waals surface area contributed by atoms with Gasteiger partial charge in [0, 0.05) is 12.8 Å². The van der Waals surface area contributed by atoms with Crippen LogP contribution in [0, 0.1) is 0 Å². The molecule has 0 radical (unpaired) electrons. The fourth-order valence-corrected chi connectivity index (χ4v) is 7.87. The average molecular weight is 909 g/mol. The lowest BCUT2D eigenvalue weighted by Crippen LogP contribution is -2.37. The number of likely N-dealkylation sites (N-methyl/N-ethyl adjacent to an activating group) is 1. The van der Waals surface area contributed by atoms with Crippen molar-refractivity contribution in [1.29, 1.82) is 0 Å². The number of unbranched alkanes of at least 4 members (excludes halogenated alkanes) is 25. The van der Waals surface area contributed by atoms with Crippen molar-refractivity contribution < 1.29 is 42.1 Å². The molecule has 63 heavy (non-hydrogen) atoms. The number of rotatable bonds is 47. The Labute approximate surface area is 388 Å². The molecule has 0 aromatic rings. The SMILES string of the molecule is CC/C=C\C/C=C\C/C=C\C/C=C\CCCCCCCCCCCCCCC(=O)OC(COC(=O)CCCCCCCCCCCCCCCC)COP(=O)(O)OCC[N+](C)(C)C. The minimum Gasteiger partial charge on any atom is -0.462 e. The first-order chi connectivity index (χ1) is 30.5. The molecular formula is C53H99NO8P+. The quantitative estimate of drug-likeness (QED) is 0.0211. The lowest BCUT2D eigenvalue weighted by atomic mass is 10.0. The van der Waals surface area contributed by atoms with Gasteiger partial charge in [-0.15, -0.1) is 0 Å². The third-order valence-electron chi connectivity index (χ3n) is 11.1. The summed E-state index contributed by atoms with van der Waals surface area (Å²) in [5.74, 6) is -0.793. The zero-order chi connectivity index (χ0) is 46.4. The van der Waals surface area contributed by atoms with E-state index in [1.807, 2.05) is 21.1 Å². The summed E-state index contributed by atoms with van der Waals surface area (Å²) in [4.78, 5) is 35.5. The Morgan fingerprint density at radius 1 is 0.508 bits per heavy atom. The van der Waals surface area contributed by atoms with E-state index in [0.717, 1.165) is 64.2 Å². The Morgan fingerprint density at radius 2 is 0.905 bits per heavy atom. The highest BCUT2D eigenvalue weighted by molar-refractivity contribution is 7.47. The van der Waals surface area contributed by atoms with Crippen LogP contribution >= 0.6 is 7.82 Å². The maximum atomic E-state index is 12.8. The molecule has 1 N–H and O–H groups in total. The smallest absolute Gasteiger partial charge is 0.462 e. The third-order valence-corrected chi connectivity index (χ3v) is 12.1. The van der Waals surface area contributed by atoms with E-state index >= 15 is 0 Å². The van der Waals surface area contributed by atoms with Crippen LogP contribution in [0.25, 0.3) is 0 Å².